The van der Waals surface area contributed by atoms with Crippen molar-refractivity contribution in [2.24, 2.45) is 0 Å². The fourth-order valence-electron chi connectivity index (χ4n) is 10.3. The highest BCUT2D eigenvalue weighted by atomic mass is 32.1. The average molecular weight is 898 g/mol. The fraction of sp³-hybridized carbons (Fsp3) is 0. The average Bonchev–Trinajstić information content (AvgIpc) is 4.08. The summed E-state index contributed by atoms with van der Waals surface area (Å²) < 4.78 is 7.40. The van der Waals surface area contributed by atoms with E-state index in [9.17, 15) is 0 Å². The molecule has 0 N–H and O–H groups in total. The molecule has 10 aromatic carbocycles. The minimum Gasteiger partial charge on any atom is -0.309 e. The van der Waals surface area contributed by atoms with Crippen LogP contribution < -0.4 is 0 Å². The van der Waals surface area contributed by atoms with Gasteiger partial charge in [0, 0.05) is 69.8 Å². The van der Waals surface area contributed by atoms with Crippen LogP contribution in [0.5, 0.6) is 0 Å². The van der Waals surface area contributed by atoms with Gasteiger partial charge in [-0.2, -0.15) is 0 Å². The molecular weight excluding hydrogens is 859 g/mol. The van der Waals surface area contributed by atoms with Gasteiger partial charge in [-0.3, -0.25) is 0 Å². The molecule has 0 unspecified atom stereocenters. The van der Waals surface area contributed by atoms with Crippen molar-refractivity contribution in [2.45, 2.75) is 0 Å². The number of hydrogen-bond acceptors (Lipinski definition) is 4. The molecule has 322 valence electrons. The van der Waals surface area contributed by atoms with Crippen LogP contribution in [-0.2, 0) is 0 Å². The topological polar surface area (TPSA) is 48.5 Å². The zero-order valence-electron chi connectivity index (χ0n) is 37.2. The van der Waals surface area contributed by atoms with Crippen LogP contribution in [-0.4, -0.2) is 24.1 Å². The number of thiophene rings is 1. The molecule has 5 nitrogen and oxygen atoms in total. The summed E-state index contributed by atoms with van der Waals surface area (Å²) in [5.74, 6) is 1.85. The molecule has 0 saturated heterocycles. The molecule has 0 saturated carbocycles. The van der Waals surface area contributed by atoms with E-state index in [-0.39, 0.29) is 0 Å². The second-order valence-electron chi connectivity index (χ2n) is 17.6. The van der Waals surface area contributed by atoms with Crippen LogP contribution in [0.15, 0.2) is 237 Å². The Hall–Kier alpha value is -8.97. The highest BCUT2D eigenvalue weighted by molar-refractivity contribution is 7.25. The van der Waals surface area contributed by atoms with E-state index in [1.807, 2.05) is 47.7 Å². The Balaban J connectivity index is 1.07. The molecule has 0 amide bonds. The van der Waals surface area contributed by atoms with Gasteiger partial charge in [0.15, 0.2) is 17.5 Å². The zero-order chi connectivity index (χ0) is 45.4. The molecule has 0 aliphatic heterocycles. The van der Waals surface area contributed by atoms with Gasteiger partial charge in [-0.1, -0.05) is 164 Å². The summed E-state index contributed by atoms with van der Waals surface area (Å²) in [5.41, 5.74) is 13.9. The van der Waals surface area contributed by atoms with E-state index >= 15 is 0 Å². The Morgan fingerprint density at radius 1 is 0.246 bits per heavy atom. The van der Waals surface area contributed by atoms with Gasteiger partial charge in [-0.05, 0) is 95.1 Å². The van der Waals surface area contributed by atoms with Crippen LogP contribution >= 0.6 is 11.3 Å². The van der Waals surface area contributed by atoms with Gasteiger partial charge in [0.05, 0.1) is 22.1 Å². The second-order valence-corrected chi connectivity index (χ2v) is 18.7. The molecule has 0 spiro atoms. The maximum Gasteiger partial charge on any atom is 0.164 e. The molecule has 4 aromatic heterocycles. The van der Waals surface area contributed by atoms with Crippen molar-refractivity contribution in [3.05, 3.63) is 237 Å². The van der Waals surface area contributed by atoms with Crippen LogP contribution in [0.25, 0.3) is 132 Å². The largest absolute Gasteiger partial charge is 0.309 e. The monoisotopic (exact) mass is 897 g/mol. The minimum atomic E-state index is 0.603. The van der Waals surface area contributed by atoms with Crippen molar-refractivity contribution in [1.82, 2.24) is 24.1 Å². The van der Waals surface area contributed by atoms with E-state index in [2.05, 4.69) is 209 Å². The van der Waals surface area contributed by atoms with Crippen molar-refractivity contribution in [2.75, 3.05) is 0 Å². The molecule has 4 heterocycles. The quantitative estimate of drug-likeness (QED) is 0.160. The summed E-state index contributed by atoms with van der Waals surface area (Å²) in [6, 6.07) is 84.8. The van der Waals surface area contributed by atoms with Gasteiger partial charge in [-0.15, -0.1) is 11.3 Å². The first-order valence-corrected chi connectivity index (χ1v) is 24.1. The van der Waals surface area contributed by atoms with Crippen molar-refractivity contribution < 1.29 is 0 Å². The standard InChI is InChI=1S/C63H39N5S/c1-4-16-40(17-5-1)43-28-32-57-53(37-43)51-31-30-47(67-55-25-13-10-22-49(55)50-23-11-14-26-56(50)67)39-58(51)68(57)48-35-45(44-29-33-60-54(38-44)52-24-12-15-27-59(52)69-60)34-46(36-48)63-65-61(41-18-6-2-7-19-41)64-62(66-63)42-20-8-3-9-21-42/h1-39H. The Morgan fingerprint density at radius 3 is 1.41 bits per heavy atom. The molecule has 14 aromatic rings. The molecule has 0 radical (unpaired) electrons. The van der Waals surface area contributed by atoms with Gasteiger partial charge in [0.2, 0.25) is 0 Å². The number of para-hydroxylation sites is 2. The van der Waals surface area contributed by atoms with Crippen LogP contribution in [0.1, 0.15) is 0 Å². The van der Waals surface area contributed by atoms with Gasteiger partial charge in [-0.25, -0.2) is 15.0 Å². The van der Waals surface area contributed by atoms with Crippen LogP contribution in [0.2, 0.25) is 0 Å². The number of hydrogen-bond donors (Lipinski definition) is 0. The van der Waals surface area contributed by atoms with Crippen molar-refractivity contribution in [3.8, 4) is 67.8 Å². The summed E-state index contributed by atoms with van der Waals surface area (Å²) in [6.07, 6.45) is 0. The number of benzene rings is 10. The third kappa shape index (κ3) is 6.56. The van der Waals surface area contributed by atoms with Gasteiger partial charge >= 0.3 is 0 Å². The SMILES string of the molecule is c1ccc(-c2ccc3c(c2)c2ccc(-n4c5ccccc5c5ccccc54)cc2n3-c2cc(-c3ccc4sc5ccccc5c4c3)cc(-c3nc(-c4ccccc4)nc(-c4ccccc4)n3)c2)cc1. The lowest BCUT2D eigenvalue weighted by Crippen LogP contribution is -2.02. The van der Waals surface area contributed by atoms with Crippen molar-refractivity contribution in [1.29, 1.82) is 0 Å². The normalized spacial score (nSPS) is 11.8. The summed E-state index contributed by atoms with van der Waals surface area (Å²) in [4.78, 5) is 15.6. The van der Waals surface area contributed by atoms with Gasteiger partial charge < -0.3 is 9.13 Å². The first-order chi connectivity index (χ1) is 34.2. The summed E-state index contributed by atoms with van der Waals surface area (Å²) in [6.45, 7) is 0. The molecular formula is C63H39N5S. The van der Waals surface area contributed by atoms with E-state index in [1.165, 1.54) is 63.9 Å². The third-order valence-electron chi connectivity index (χ3n) is 13.5. The van der Waals surface area contributed by atoms with Crippen molar-refractivity contribution in [3.63, 3.8) is 0 Å². The van der Waals surface area contributed by atoms with Crippen LogP contribution in [0.3, 0.4) is 0 Å². The van der Waals surface area contributed by atoms with E-state index in [0.717, 1.165) is 50.2 Å². The second kappa shape index (κ2) is 15.8. The Labute approximate surface area is 401 Å². The molecule has 0 aliphatic carbocycles. The highest BCUT2D eigenvalue weighted by Crippen LogP contribution is 2.42. The molecule has 14 rings (SSSR count). The minimum absolute atomic E-state index is 0.603. The van der Waals surface area contributed by atoms with E-state index < -0.39 is 0 Å². The Bertz CT molecular complexity index is 4190. The first-order valence-electron chi connectivity index (χ1n) is 23.3. The Kier molecular flexibility index (Phi) is 9.00. The lowest BCUT2D eigenvalue weighted by Gasteiger charge is -2.15. The molecule has 0 aliphatic rings. The third-order valence-corrected chi connectivity index (χ3v) is 14.7. The molecule has 6 heteroatoms. The first kappa shape index (κ1) is 39.2. The molecule has 0 fully saturated rings. The van der Waals surface area contributed by atoms with E-state index in [1.54, 1.807) is 0 Å². The maximum absolute atomic E-state index is 5.28. The lowest BCUT2D eigenvalue weighted by atomic mass is 9.99. The predicted octanol–water partition coefficient (Wildman–Crippen LogP) is 16.8. The van der Waals surface area contributed by atoms with Crippen molar-refractivity contribution >= 4 is 75.1 Å². The molecule has 69 heavy (non-hydrogen) atoms. The summed E-state index contributed by atoms with van der Waals surface area (Å²) in [7, 11) is 0. The fourth-order valence-corrected chi connectivity index (χ4v) is 11.4. The number of aromatic nitrogens is 5. The predicted molar refractivity (Wildman–Crippen MR) is 289 cm³/mol. The number of nitrogens with zero attached hydrogens (tertiary/aromatic N) is 5. The highest BCUT2D eigenvalue weighted by Gasteiger charge is 2.21. The van der Waals surface area contributed by atoms with E-state index in [4.69, 9.17) is 15.0 Å². The van der Waals surface area contributed by atoms with Gasteiger partial charge in [0.25, 0.3) is 0 Å². The van der Waals surface area contributed by atoms with Gasteiger partial charge in [0.1, 0.15) is 0 Å². The molecule has 0 bridgehead atoms. The summed E-state index contributed by atoms with van der Waals surface area (Å²) in [5, 5.41) is 7.33. The maximum atomic E-state index is 5.28. The van der Waals surface area contributed by atoms with E-state index in [0.29, 0.717) is 17.5 Å². The zero-order valence-corrected chi connectivity index (χ0v) is 38.0. The smallest absolute Gasteiger partial charge is 0.164 e. The van der Waals surface area contributed by atoms with Crippen LogP contribution in [0.4, 0.5) is 0 Å². The molecule has 0 atom stereocenters. The lowest BCUT2D eigenvalue weighted by molar-refractivity contribution is 1.07. The Morgan fingerprint density at radius 2 is 0.725 bits per heavy atom. The number of fused-ring (bicyclic) bond motifs is 9. The summed E-state index contributed by atoms with van der Waals surface area (Å²) >= 11 is 1.84. The number of rotatable bonds is 7. The van der Waals surface area contributed by atoms with Crippen LogP contribution in [0, 0.1) is 0 Å².